The van der Waals surface area contributed by atoms with Crippen LogP contribution < -0.4 is 16.0 Å². The Balaban J connectivity index is 1.64. The molecule has 0 aliphatic rings. The highest BCUT2D eigenvalue weighted by Crippen LogP contribution is 2.38. The summed E-state index contributed by atoms with van der Waals surface area (Å²) in [4.78, 5) is 35.2. The molecule has 1 N–H and O–H groups in total. The summed E-state index contributed by atoms with van der Waals surface area (Å²) in [6, 6.07) is 5.44. The van der Waals surface area contributed by atoms with Gasteiger partial charge in [-0.25, -0.2) is 14.8 Å². The van der Waals surface area contributed by atoms with Gasteiger partial charge in [-0.3, -0.25) is 9.78 Å². The van der Waals surface area contributed by atoms with Crippen molar-refractivity contribution in [2.24, 2.45) is 0 Å². The number of nitriles is 1. The lowest BCUT2D eigenvalue weighted by atomic mass is 10.1. The molecule has 11 nitrogen and oxygen atoms in total. The molecule has 4 aromatic rings. The van der Waals surface area contributed by atoms with Gasteiger partial charge < -0.3 is 14.0 Å². The fraction of sp³-hybridized carbons (Fsp3) is 0.360. The van der Waals surface area contributed by atoms with Crippen molar-refractivity contribution in [3.63, 3.8) is 0 Å². The van der Waals surface area contributed by atoms with Crippen LogP contribution in [0.2, 0.25) is 35.7 Å². The molecule has 0 bridgehead atoms. The molecule has 14 heteroatoms. The summed E-state index contributed by atoms with van der Waals surface area (Å²) in [5, 5.41) is 12.9. The van der Waals surface area contributed by atoms with Crippen molar-refractivity contribution in [3.05, 3.63) is 66.7 Å². The van der Waals surface area contributed by atoms with Crippen molar-refractivity contribution in [3.8, 4) is 23.4 Å². The van der Waals surface area contributed by atoms with Gasteiger partial charge in [0.15, 0.2) is 11.4 Å². The van der Waals surface area contributed by atoms with Crippen LogP contribution in [-0.2, 0) is 11.5 Å². The molecule has 0 spiro atoms. The third-order valence-electron chi connectivity index (χ3n) is 5.79. The first-order chi connectivity index (χ1) is 18.4. The van der Waals surface area contributed by atoms with Crippen LogP contribution in [0.15, 0.2) is 34.1 Å². The first-order valence-corrected chi connectivity index (χ1v) is 16.6. The van der Waals surface area contributed by atoms with Gasteiger partial charge in [0.2, 0.25) is 11.6 Å². The van der Waals surface area contributed by atoms with Gasteiger partial charge in [0.1, 0.15) is 18.3 Å². The van der Waals surface area contributed by atoms with Gasteiger partial charge in [0.25, 0.3) is 5.56 Å². The molecular weight excluding hydrogens is 561 g/mol. The van der Waals surface area contributed by atoms with Crippen LogP contribution in [0.5, 0.6) is 11.6 Å². The summed E-state index contributed by atoms with van der Waals surface area (Å²) in [5.74, 6) is 0.437. The summed E-state index contributed by atoms with van der Waals surface area (Å²) >= 11 is 12.9. The second-order valence-corrected chi connectivity index (χ2v) is 16.8. The number of aromatic amines is 1. The van der Waals surface area contributed by atoms with Crippen LogP contribution in [0.1, 0.15) is 31.0 Å². The molecule has 3 heterocycles. The van der Waals surface area contributed by atoms with Gasteiger partial charge in [0.05, 0.1) is 21.9 Å². The fourth-order valence-electron chi connectivity index (χ4n) is 3.69. The minimum Gasteiger partial charge on any atom is -0.434 e. The largest absolute Gasteiger partial charge is 0.434 e. The van der Waals surface area contributed by atoms with Crippen LogP contribution in [-0.4, -0.2) is 44.0 Å². The van der Waals surface area contributed by atoms with Crippen LogP contribution >= 0.6 is 23.2 Å². The predicted octanol–water partition coefficient (Wildman–Crippen LogP) is 5.07. The van der Waals surface area contributed by atoms with Crippen molar-refractivity contribution >= 4 is 42.4 Å². The third kappa shape index (κ3) is 6.39. The van der Waals surface area contributed by atoms with Gasteiger partial charge in [-0.1, -0.05) is 56.7 Å². The Morgan fingerprint density at radius 1 is 1.18 bits per heavy atom. The molecule has 4 rings (SSSR count). The molecular formula is C25H27Cl2N7O4Si. The van der Waals surface area contributed by atoms with E-state index >= 15 is 0 Å². The number of nitrogens with zero attached hydrogens (tertiary/aromatic N) is 6. The second kappa shape index (κ2) is 11.3. The average Bonchev–Trinajstić information content (AvgIpc) is 3.21. The summed E-state index contributed by atoms with van der Waals surface area (Å²) in [5.41, 5.74) is 0.228. The van der Waals surface area contributed by atoms with Gasteiger partial charge in [-0.15, -0.1) is 5.10 Å². The van der Waals surface area contributed by atoms with E-state index in [4.69, 9.17) is 37.9 Å². The van der Waals surface area contributed by atoms with E-state index in [0.29, 0.717) is 24.5 Å². The first-order valence-electron chi connectivity index (χ1n) is 12.1. The van der Waals surface area contributed by atoms with E-state index < -0.39 is 25.0 Å². The number of aromatic nitrogens is 6. The van der Waals surface area contributed by atoms with Crippen LogP contribution in [0.25, 0.3) is 16.9 Å². The summed E-state index contributed by atoms with van der Waals surface area (Å²) < 4.78 is 14.6. The zero-order chi connectivity index (χ0) is 28.5. The first kappa shape index (κ1) is 28.5. The summed E-state index contributed by atoms with van der Waals surface area (Å²) in [6.45, 7) is 12.1. The Morgan fingerprint density at radius 3 is 2.49 bits per heavy atom. The minimum absolute atomic E-state index is 0.0512. The highest BCUT2D eigenvalue weighted by atomic mass is 35.5. The van der Waals surface area contributed by atoms with E-state index in [1.54, 1.807) is 6.07 Å². The lowest BCUT2D eigenvalue weighted by Gasteiger charge is -2.15. The number of hydrogen-bond donors (Lipinski definition) is 1. The normalized spacial score (nSPS) is 11.8. The Hall–Kier alpha value is -3.50. The van der Waals surface area contributed by atoms with Gasteiger partial charge in [-0.05, 0) is 24.1 Å². The zero-order valence-corrected chi connectivity index (χ0v) is 24.6. The summed E-state index contributed by atoms with van der Waals surface area (Å²) in [6.07, 6.45) is 3.46. The highest BCUT2D eigenvalue weighted by Gasteiger charge is 2.19. The monoisotopic (exact) mass is 587 g/mol. The van der Waals surface area contributed by atoms with E-state index in [1.807, 2.05) is 15.7 Å². The van der Waals surface area contributed by atoms with Crippen LogP contribution in [0, 0.1) is 11.3 Å². The molecule has 0 fully saturated rings. The smallest absolute Gasteiger partial charge is 0.349 e. The van der Waals surface area contributed by atoms with Crippen molar-refractivity contribution in [2.45, 2.75) is 52.2 Å². The highest BCUT2D eigenvalue weighted by molar-refractivity contribution is 6.76. The fourth-order valence-corrected chi connectivity index (χ4v) is 5.00. The Bertz CT molecular complexity index is 1680. The maximum Gasteiger partial charge on any atom is 0.349 e. The van der Waals surface area contributed by atoms with Crippen LogP contribution in [0.4, 0.5) is 0 Å². The topological polar surface area (TPSA) is 141 Å². The SMILES string of the molecule is CC(C)c1cn(COCC[Si](C)(C)C)c2ncc(Oc3c(Cl)cc(-n4nc(C#N)c(=O)[nH]c4=O)cc3Cl)nc12. The average molecular weight is 589 g/mol. The number of ether oxygens (including phenoxy) is 2. The molecule has 3 aromatic heterocycles. The van der Waals surface area contributed by atoms with Crippen molar-refractivity contribution in [1.82, 2.24) is 29.3 Å². The van der Waals surface area contributed by atoms with E-state index in [0.717, 1.165) is 16.3 Å². The lowest BCUT2D eigenvalue weighted by Crippen LogP contribution is -2.33. The predicted molar refractivity (Wildman–Crippen MR) is 151 cm³/mol. The molecule has 39 heavy (non-hydrogen) atoms. The number of halogens is 2. The Morgan fingerprint density at radius 2 is 1.87 bits per heavy atom. The lowest BCUT2D eigenvalue weighted by molar-refractivity contribution is 0.0897. The molecule has 204 valence electrons. The third-order valence-corrected chi connectivity index (χ3v) is 8.05. The molecule has 1 aromatic carbocycles. The minimum atomic E-state index is -1.20. The molecule has 0 aliphatic carbocycles. The maximum atomic E-state index is 12.2. The molecule has 0 unspecified atom stereocenters. The Labute approximate surface area is 235 Å². The molecule has 0 amide bonds. The van der Waals surface area contributed by atoms with Crippen LogP contribution in [0.3, 0.4) is 0 Å². The Kier molecular flexibility index (Phi) is 8.27. The van der Waals surface area contributed by atoms with Crippen molar-refractivity contribution < 1.29 is 9.47 Å². The number of benzene rings is 1. The molecule has 0 saturated carbocycles. The number of rotatable bonds is 9. The zero-order valence-electron chi connectivity index (χ0n) is 22.1. The number of H-pyrrole nitrogens is 1. The summed E-state index contributed by atoms with van der Waals surface area (Å²) in [7, 11) is -1.20. The van der Waals surface area contributed by atoms with E-state index in [-0.39, 0.29) is 33.3 Å². The van der Waals surface area contributed by atoms with E-state index in [2.05, 4.69) is 48.6 Å². The number of nitrogens with one attached hydrogen (secondary N) is 1. The van der Waals surface area contributed by atoms with Gasteiger partial charge in [0, 0.05) is 26.4 Å². The number of fused-ring (bicyclic) bond motifs is 1. The van der Waals surface area contributed by atoms with Crippen molar-refractivity contribution in [1.29, 1.82) is 5.26 Å². The van der Waals surface area contributed by atoms with Gasteiger partial charge in [-0.2, -0.15) is 9.94 Å². The molecule has 0 radical (unpaired) electrons. The number of hydrogen-bond acceptors (Lipinski definition) is 8. The van der Waals surface area contributed by atoms with Gasteiger partial charge >= 0.3 is 5.69 Å². The molecule has 0 atom stereocenters. The van der Waals surface area contributed by atoms with Crippen molar-refractivity contribution in [2.75, 3.05) is 6.61 Å². The van der Waals surface area contributed by atoms with E-state index in [1.165, 1.54) is 18.3 Å². The molecule has 0 saturated heterocycles. The standard InChI is InChI=1S/C25H27Cl2N7O4Si/c1-14(2)16-12-33(13-37-6-7-39(3,4)5)23-21(16)30-20(11-29-23)38-22-17(26)8-15(9-18(22)27)34-25(36)31-24(35)19(10-28)32-34/h8-9,11-12,14H,6-7,13H2,1-5H3,(H,31,35,36). The maximum absolute atomic E-state index is 12.2. The van der Waals surface area contributed by atoms with E-state index in [9.17, 15) is 9.59 Å². The quantitative estimate of drug-likeness (QED) is 0.211. The molecule has 0 aliphatic heterocycles. The second-order valence-electron chi connectivity index (χ2n) is 10.4.